The van der Waals surface area contributed by atoms with E-state index in [9.17, 15) is 9.59 Å². The molecule has 25 heavy (non-hydrogen) atoms. The van der Waals surface area contributed by atoms with Crippen LogP contribution < -0.4 is 10.1 Å². The molecule has 0 saturated carbocycles. The molecule has 0 atom stereocenters. The first-order valence-electron chi connectivity index (χ1n) is 8.35. The fourth-order valence-electron chi connectivity index (χ4n) is 2.30. The lowest BCUT2D eigenvalue weighted by atomic mass is 10.2. The Kier molecular flexibility index (Phi) is 7.01. The molecule has 0 aromatic heterocycles. The molecule has 0 radical (unpaired) electrons. The van der Waals surface area contributed by atoms with Gasteiger partial charge in [0.2, 0.25) is 5.91 Å². The first kappa shape index (κ1) is 18.5. The van der Waals surface area contributed by atoms with Gasteiger partial charge in [-0.05, 0) is 50.1 Å². The molecule has 0 aliphatic carbocycles. The van der Waals surface area contributed by atoms with Crippen LogP contribution in [0.4, 0.5) is 5.69 Å². The van der Waals surface area contributed by atoms with E-state index in [1.165, 1.54) is 0 Å². The normalized spacial score (nSPS) is 10.2. The summed E-state index contributed by atoms with van der Waals surface area (Å²) in [4.78, 5) is 23.7. The number of hydrogen-bond donors (Lipinski definition) is 1. The Balaban J connectivity index is 1.77. The van der Waals surface area contributed by atoms with Gasteiger partial charge in [-0.25, -0.2) is 4.79 Å². The maximum atomic E-state index is 12.0. The van der Waals surface area contributed by atoms with Crippen LogP contribution in [0, 0.1) is 6.92 Å². The van der Waals surface area contributed by atoms with Crippen LogP contribution in [-0.2, 0) is 9.53 Å². The van der Waals surface area contributed by atoms with Crippen LogP contribution in [-0.4, -0.2) is 25.1 Å². The van der Waals surface area contributed by atoms with Gasteiger partial charge in [0, 0.05) is 12.1 Å². The number of nitrogens with one attached hydrogen (secondary N) is 1. The smallest absolute Gasteiger partial charge is 0.338 e. The van der Waals surface area contributed by atoms with Crippen molar-refractivity contribution < 1.29 is 19.1 Å². The van der Waals surface area contributed by atoms with Crippen LogP contribution in [0.3, 0.4) is 0 Å². The van der Waals surface area contributed by atoms with Crippen molar-refractivity contribution in [2.75, 3.05) is 18.5 Å². The molecular formula is C20H23NO4. The van der Waals surface area contributed by atoms with E-state index >= 15 is 0 Å². The standard InChI is InChI=1S/C20H23NO4/c1-3-24-20(23)16-9-6-10-17(14-16)21-19(22)12-7-13-25-18-11-5-4-8-15(18)2/h4-6,8-11,14H,3,7,12-13H2,1-2H3,(H,21,22). The quantitative estimate of drug-likeness (QED) is 0.583. The molecule has 132 valence electrons. The lowest BCUT2D eigenvalue weighted by Crippen LogP contribution is -2.13. The molecule has 2 aromatic rings. The van der Waals surface area contributed by atoms with E-state index < -0.39 is 5.97 Å². The highest BCUT2D eigenvalue weighted by atomic mass is 16.5. The number of esters is 1. The highest BCUT2D eigenvalue weighted by Gasteiger charge is 2.08. The highest BCUT2D eigenvalue weighted by molar-refractivity contribution is 5.94. The van der Waals surface area contributed by atoms with Crippen molar-refractivity contribution >= 4 is 17.6 Å². The van der Waals surface area contributed by atoms with Crippen LogP contribution >= 0.6 is 0 Å². The topological polar surface area (TPSA) is 64.6 Å². The second kappa shape index (κ2) is 9.47. The molecule has 2 rings (SSSR count). The molecule has 5 heteroatoms. The monoisotopic (exact) mass is 341 g/mol. The summed E-state index contributed by atoms with van der Waals surface area (Å²) in [7, 11) is 0. The third-order valence-corrected chi connectivity index (χ3v) is 3.56. The van der Waals surface area contributed by atoms with Crippen molar-refractivity contribution in [2.24, 2.45) is 0 Å². The van der Waals surface area contributed by atoms with E-state index in [1.54, 1.807) is 31.2 Å². The summed E-state index contributed by atoms with van der Waals surface area (Å²) in [5.41, 5.74) is 2.07. The van der Waals surface area contributed by atoms with E-state index in [0.29, 0.717) is 37.3 Å². The SMILES string of the molecule is CCOC(=O)c1cccc(NC(=O)CCCOc2ccccc2C)c1. The molecule has 5 nitrogen and oxygen atoms in total. The van der Waals surface area contributed by atoms with Crippen molar-refractivity contribution in [3.05, 3.63) is 59.7 Å². The van der Waals surface area contributed by atoms with Crippen molar-refractivity contribution in [1.82, 2.24) is 0 Å². The number of carbonyl (C=O) groups excluding carboxylic acids is 2. The Morgan fingerprint density at radius 2 is 1.88 bits per heavy atom. The van der Waals surface area contributed by atoms with Crippen LogP contribution in [0.2, 0.25) is 0 Å². The molecule has 2 aromatic carbocycles. The summed E-state index contributed by atoms with van der Waals surface area (Å²) < 4.78 is 10.6. The predicted octanol–water partition coefficient (Wildman–Crippen LogP) is 3.97. The van der Waals surface area contributed by atoms with Crippen molar-refractivity contribution in [3.63, 3.8) is 0 Å². The molecule has 0 aliphatic heterocycles. The minimum atomic E-state index is -0.398. The fraction of sp³-hybridized carbons (Fsp3) is 0.300. The van der Waals surface area contributed by atoms with Gasteiger partial charge in [-0.3, -0.25) is 4.79 Å². The average Bonchev–Trinajstić information content (AvgIpc) is 2.60. The minimum absolute atomic E-state index is 0.116. The molecule has 0 saturated heterocycles. The zero-order valence-electron chi connectivity index (χ0n) is 14.6. The first-order valence-corrected chi connectivity index (χ1v) is 8.35. The number of aryl methyl sites for hydroxylation is 1. The summed E-state index contributed by atoms with van der Waals surface area (Å²) in [6.07, 6.45) is 0.952. The maximum Gasteiger partial charge on any atom is 0.338 e. The number of benzene rings is 2. The number of carbonyl (C=O) groups is 2. The van der Waals surface area contributed by atoms with Gasteiger partial charge in [-0.15, -0.1) is 0 Å². The number of rotatable bonds is 8. The molecule has 0 heterocycles. The highest BCUT2D eigenvalue weighted by Crippen LogP contribution is 2.16. The fourth-order valence-corrected chi connectivity index (χ4v) is 2.30. The van der Waals surface area contributed by atoms with Gasteiger partial charge >= 0.3 is 5.97 Å². The lowest BCUT2D eigenvalue weighted by Gasteiger charge is -2.09. The molecule has 1 N–H and O–H groups in total. The Morgan fingerprint density at radius 3 is 2.64 bits per heavy atom. The summed E-state index contributed by atoms with van der Waals surface area (Å²) in [6.45, 7) is 4.53. The number of para-hydroxylation sites is 1. The largest absolute Gasteiger partial charge is 0.493 e. The van der Waals surface area contributed by atoms with Gasteiger partial charge in [0.1, 0.15) is 5.75 Å². The van der Waals surface area contributed by atoms with Crippen molar-refractivity contribution in [2.45, 2.75) is 26.7 Å². The second-order valence-corrected chi connectivity index (χ2v) is 5.57. The number of hydrogen-bond acceptors (Lipinski definition) is 4. The maximum absolute atomic E-state index is 12.0. The summed E-state index contributed by atoms with van der Waals surface area (Å²) >= 11 is 0. The molecule has 0 fully saturated rings. The van der Waals surface area contributed by atoms with Crippen molar-refractivity contribution in [3.8, 4) is 5.75 Å². The molecular weight excluding hydrogens is 318 g/mol. The Hall–Kier alpha value is -2.82. The Morgan fingerprint density at radius 1 is 1.08 bits per heavy atom. The zero-order chi connectivity index (χ0) is 18.1. The number of ether oxygens (including phenoxy) is 2. The lowest BCUT2D eigenvalue weighted by molar-refractivity contribution is -0.116. The molecule has 0 bridgehead atoms. The third-order valence-electron chi connectivity index (χ3n) is 3.56. The Bertz CT molecular complexity index is 727. The zero-order valence-corrected chi connectivity index (χ0v) is 14.6. The van der Waals surface area contributed by atoms with Crippen LogP contribution in [0.25, 0.3) is 0 Å². The van der Waals surface area contributed by atoms with Gasteiger partial charge in [0.15, 0.2) is 0 Å². The second-order valence-electron chi connectivity index (χ2n) is 5.57. The molecule has 0 spiro atoms. The van der Waals surface area contributed by atoms with Gasteiger partial charge in [0.05, 0.1) is 18.8 Å². The first-order chi connectivity index (χ1) is 12.1. The Labute approximate surface area is 148 Å². The number of anilines is 1. The van der Waals surface area contributed by atoms with E-state index in [4.69, 9.17) is 9.47 Å². The summed E-state index contributed by atoms with van der Waals surface area (Å²) in [5, 5.41) is 2.79. The summed E-state index contributed by atoms with van der Waals surface area (Å²) in [6, 6.07) is 14.5. The van der Waals surface area contributed by atoms with Crippen LogP contribution in [0.5, 0.6) is 5.75 Å². The number of amides is 1. The van der Waals surface area contributed by atoms with Gasteiger partial charge in [-0.1, -0.05) is 24.3 Å². The van der Waals surface area contributed by atoms with Crippen LogP contribution in [0.1, 0.15) is 35.7 Å². The summed E-state index contributed by atoms with van der Waals surface area (Å²) in [5.74, 6) is 0.324. The van der Waals surface area contributed by atoms with E-state index in [1.807, 2.05) is 31.2 Å². The van der Waals surface area contributed by atoms with Crippen LogP contribution in [0.15, 0.2) is 48.5 Å². The average molecular weight is 341 g/mol. The van der Waals surface area contributed by atoms with E-state index in [0.717, 1.165) is 11.3 Å². The van der Waals surface area contributed by atoms with E-state index in [-0.39, 0.29) is 5.91 Å². The third kappa shape index (κ3) is 5.95. The van der Waals surface area contributed by atoms with Crippen molar-refractivity contribution in [1.29, 1.82) is 0 Å². The molecule has 0 unspecified atom stereocenters. The minimum Gasteiger partial charge on any atom is -0.493 e. The van der Waals surface area contributed by atoms with Gasteiger partial charge < -0.3 is 14.8 Å². The molecule has 1 amide bonds. The predicted molar refractivity (Wildman–Crippen MR) is 96.9 cm³/mol. The van der Waals surface area contributed by atoms with Gasteiger partial charge in [0.25, 0.3) is 0 Å². The molecule has 0 aliphatic rings. The van der Waals surface area contributed by atoms with E-state index in [2.05, 4.69) is 5.32 Å². The van der Waals surface area contributed by atoms with Gasteiger partial charge in [-0.2, -0.15) is 0 Å².